The van der Waals surface area contributed by atoms with Gasteiger partial charge in [0, 0.05) is 19.6 Å². The van der Waals surface area contributed by atoms with Crippen LogP contribution in [0.4, 0.5) is 5.69 Å². The van der Waals surface area contributed by atoms with Gasteiger partial charge in [-0.2, -0.15) is 0 Å². The fourth-order valence-electron chi connectivity index (χ4n) is 3.34. The van der Waals surface area contributed by atoms with E-state index in [2.05, 4.69) is 43.0 Å². The number of ether oxygens (including phenoxy) is 1. The number of nitrogens with zero attached hydrogens (tertiary/aromatic N) is 1. The summed E-state index contributed by atoms with van der Waals surface area (Å²) < 4.78 is 5.85. The zero-order chi connectivity index (χ0) is 16.9. The second-order valence-electron chi connectivity index (χ2n) is 7.11. The van der Waals surface area contributed by atoms with Crippen LogP contribution in [0.15, 0.2) is 48.5 Å². The molecule has 2 aromatic carbocycles. The molecule has 1 aliphatic rings. The second kappa shape index (κ2) is 7.71. The lowest BCUT2D eigenvalue weighted by molar-refractivity contribution is 0.307. The first-order valence-corrected chi connectivity index (χ1v) is 8.89. The summed E-state index contributed by atoms with van der Waals surface area (Å²) in [6, 6.07) is 16.4. The molecule has 1 fully saturated rings. The quantitative estimate of drug-likeness (QED) is 0.817. The molecule has 2 aromatic rings. The van der Waals surface area contributed by atoms with Gasteiger partial charge in [0.25, 0.3) is 0 Å². The largest absolute Gasteiger partial charge is 0.487 e. The third-order valence-corrected chi connectivity index (χ3v) is 5.09. The Labute approximate surface area is 145 Å². The average molecular weight is 324 g/mol. The Kier molecular flexibility index (Phi) is 5.41. The number of hydrogen-bond donors (Lipinski definition) is 1. The Morgan fingerprint density at radius 1 is 1.00 bits per heavy atom. The highest BCUT2D eigenvalue weighted by Gasteiger charge is 2.25. The maximum atomic E-state index is 6.17. The third-order valence-electron chi connectivity index (χ3n) is 5.09. The monoisotopic (exact) mass is 324 g/mol. The van der Waals surface area contributed by atoms with Crippen molar-refractivity contribution >= 4 is 5.69 Å². The molecule has 0 aromatic heterocycles. The van der Waals surface area contributed by atoms with Gasteiger partial charge in [-0.15, -0.1) is 0 Å². The molecule has 24 heavy (non-hydrogen) atoms. The van der Waals surface area contributed by atoms with E-state index in [4.69, 9.17) is 10.5 Å². The molecular weight excluding hydrogens is 296 g/mol. The van der Waals surface area contributed by atoms with Gasteiger partial charge in [0.15, 0.2) is 0 Å². The first kappa shape index (κ1) is 16.8. The number of nitrogens with two attached hydrogens (primary N) is 1. The third kappa shape index (κ3) is 4.30. The molecule has 2 N–H and O–H groups in total. The van der Waals surface area contributed by atoms with Gasteiger partial charge in [-0.25, -0.2) is 0 Å². The lowest BCUT2D eigenvalue weighted by atomic mass is 10.0. The predicted molar refractivity (Wildman–Crippen MR) is 100 cm³/mol. The number of likely N-dealkylation sites (tertiary alicyclic amines) is 1. The summed E-state index contributed by atoms with van der Waals surface area (Å²) in [5.74, 6) is 2.39. The van der Waals surface area contributed by atoms with Crippen LogP contribution in [0.3, 0.4) is 0 Å². The van der Waals surface area contributed by atoms with Crippen LogP contribution in [-0.2, 0) is 13.0 Å². The molecule has 0 radical (unpaired) electrons. The number of nitrogen functional groups attached to an aromatic ring is 1. The Balaban J connectivity index is 1.53. The highest BCUT2D eigenvalue weighted by molar-refractivity contribution is 5.54. The van der Waals surface area contributed by atoms with E-state index in [0.29, 0.717) is 6.61 Å². The highest BCUT2D eigenvalue weighted by atomic mass is 16.5. The van der Waals surface area contributed by atoms with Crippen LogP contribution in [0.2, 0.25) is 0 Å². The smallest absolute Gasteiger partial charge is 0.142 e. The van der Waals surface area contributed by atoms with Crippen molar-refractivity contribution < 1.29 is 4.74 Å². The van der Waals surface area contributed by atoms with Crippen LogP contribution in [0.25, 0.3) is 0 Å². The maximum Gasteiger partial charge on any atom is 0.142 e. The maximum absolute atomic E-state index is 6.17. The van der Waals surface area contributed by atoms with E-state index in [1.807, 2.05) is 24.3 Å². The second-order valence-corrected chi connectivity index (χ2v) is 7.11. The van der Waals surface area contributed by atoms with Gasteiger partial charge in [0.05, 0.1) is 5.69 Å². The van der Waals surface area contributed by atoms with E-state index in [1.165, 1.54) is 18.7 Å². The molecule has 3 nitrogen and oxygen atoms in total. The number of benzene rings is 2. The van der Waals surface area contributed by atoms with Gasteiger partial charge in [0.2, 0.25) is 0 Å². The Morgan fingerprint density at radius 3 is 2.38 bits per heavy atom. The van der Waals surface area contributed by atoms with Crippen molar-refractivity contribution in [2.24, 2.45) is 11.8 Å². The van der Waals surface area contributed by atoms with Gasteiger partial charge < -0.3 is 15.4 Å². The lowest BCUT2D eigenvalue weighted by Crippen LogP contribution is -2.23. The molecule has 3 heteroatoms. The van der Waals surface area contributed by atoms with Crippen molar-refractivity contribution in [3.8, 4) is 5.75 Å². The molecule has 128 valence electrons. The molecule has 2 unspecified atom stereocenters. The van der Waals surface area contributed by atoms with E-state index in [-0.39, 0.29) is 0 Å². The number of rotatable bonds is 6. The first-order chi connectivity index (χ1) is 11.6. The lowest BCUT2D eigenvalue weighted by Gasteiger charge is -2.16. The topological polar surface area (TPSA) is 38.5 Å². The van der Waals surface area contributed by atoms with Gasteiger partial charge in [-0.3, -0.25) is 0 Å². The summed E-state index contributed by atoms with van der Waals surface area (Å²) >= 11 is 0. The minimum absolute atomic E-state index is 0.550. The summed E-state index contributed by atoms with van der Waals surface area (Å²) in [7, 11) is 0. The fourth-order valence-corrected chi connectivity index (χ4v) is 3.34. The van der Waals surface area contributed by atoms with Crippen molar-refractivity contribution in [3.63, 3.8) is 0 Å². The van der Waals surface area contributed by atoms with E-state index in [1.54, 1.807) is 0 Å². The number of hydrogen-bond acceptors (Lipinski definition) is 3. The molecule has 0 saturated carbocycles. The van der Waals surface area contributed by atoms with E-state index >= 15 is 0 Å². The van der Waals surface area contributed by atoms with E-state index in [9.17, 15) is 0 Å². The highest BCUT2D eigenvalue weighted by Crippen LogP contribution is 2.25. The SMILES string of the molecule is CC1CN(CCc2ccc(OCc3ccccc3)c(N)c2)CC1C. The summed E-state index contributed by atoms with van der Waals surface area (Å²) in [6.45, 7) is 8.79. The van der Waals surface area contributed by atoms with Crippen LogP contribution in [0.5, 0.6) is 5.75 Å². The van der Waals surface area contributed by atoms with E-state index < -0.39 is 0 Å². The zero-order valence-corrected chi connectivity index (χ0v) is 14.7. The molecule has 1 saturated heterocycles. The summed E-state index contributed by atoms with van der Waals surface area (Å²) in [5.41, 5.74) is 9.34. The van der Waals surface area contributed by atoms with Crippen molar-refractivity contribution in [3.05, 3.63) is 59.7 Å². The van der Waals surface area contributed by atoms with Gasteiger partial charge in [0.1, 0.15) is 12.4 Å². The van der Waals surface area contributed by atoms with Crippen LogP contribution >= 0.6 is 0 Å². The van der Waals surface area contributed by atoms with Crippen LogP contribution < -0.4 is 10.5 Å². The first-order valence-electron chi connectivity index (χ1n) is 8.89. The summed E-state index contributed by atoms with van der Waals surface area (Å²) in [4.78, 5) is 2.56. The normalized spacial score (nSPS) is 21.1. The molecule has 3 rings (SSSR count). The molecule has 1 aliphatic heterocycles. The summed E-state index contributed by atoms with van der Waals surface area (Å²) in [5, 5.41) is 0. The molecule has 0 bridgehead atoms. The predicted octanol–water partition coefficient (Wildman–Crippen LogP) is 3.98. The average Bonchev–Trinajstić information content (AvgIpc) is 2.91. The van der Waals surface area contributed by atoms with Gasteiger partial charge in [-0.1, -0.05) is 50.2 Å². The standard InChI is InChI=1S/C21H28N2O/c1-16-13-23(14-17(16)2)11-10-18-8-9-21(20(22)12-18)24-15-19-6-4-3-5-7-19/h3-9,12,16-17H,10-11,13-15,22H2,1-2H3. The molecule has 0 amide bonds. The number of anilines is 1. The fraction of sp³-hybridized carbons (Fsp3) is 0.429. The van der Waals surface area contributed by atoms with Crippen molar-refractivity contribution in [1.29, 1.82) is 0 Å². The van der Waals surface area contributed by atoms with Gasteiger partial charge >= 0.3 is 0 Å². The minimum atomic E-state index is 0.550. The Hall–Kier alpha value is -2.00. The molecule has 0 aliphatic carbocycles. The van der Waals surface area contributed by atoms with Crippen molar-refractivity contribution in [2.45, 2.75) is 26.9 Å². The Bertz CT molecular complexity index is 646. The molecule has 2 atom stereocenters. The van der Waals surface area contributed by atoms with Crippen LogP contribution in [0.1, 0.15) is 25.0 Å². The van der Waals surface area contributed by atoms with E-state index in [0.717, 1.165) is 41.8 Å². The van der Waals surface area contributed by atoms with Crippen molar-refractivity contribution in [1.82, 2.24) is 4.90 Å². The molecular formula is C21H28N2O. The minimum Gasteiger partial charge on any atom is -0.487 e. The van der Waals surface area contributed by atoms with Crippen LogP contribution in [0, 0.1) is 11.8 Å². The summed E-state index contributed by atoms with van der Waals surface area (Å²) in [6.07, 6.45) is 1.04. The zero-order valence-electron chi connectivity index (χ0n) is 14.7. The van der Waals surface area contributed by atoms with Crippen molar-refractivity contribution in [2.75, 3.05) is 25.4 Å². The van der Waals surface area contributed by atoms with Gasteiger partial charge in [-0.05, 0) is 41.5 Å². The molecule has 0 spiro atoms. The Morgan fingerprint density at radius 2 is 1.71 bits per heavy atom. The molecule has 1 heterocycles. The van der Waals surface area contributed by atoms with Crippen LogP contribution in [-0.4, -0.2) is 24.5 Å².